The molecule has 0 saturated carbocycles. The lowest BCUT2D eigenvalue weighted by atomic mass is 9.98. The van der Waals surface area contributed by atoms with Crippen molar-refractivity contribution in [2.75, 3.05) is 50.6 Å². The van der Waals surface area contributed by atoms with Gasteiger partial charge in [0.25, 0.3) is 5.91 Å². The van der Waals surface area contributed by atoms with Gasteiger partial charge in [0.15, 0.2) is 27.2 Å². The van der Waals surface area contributed by atoms with Crippen LogP contribution in [-0.4, -0.2) is 203 Å². The van der Waals surface area contributed by atoms with E-state index in [2.05, 4.69) is 127 Å². The lowest BCUT2D eigenvalue weighted by Gasteiger charge is -2.20. The lowest BCUT2D eigenvalue weighted by molar-refractivity contribution is -0.154. The quantitative estimate of drug-likeness (QED) is 0.00513. The highest BCUT2D eigenvalue weighted by Gasteiger charge is 2.41. The van der Waals surface area contributed by atoms with Crippen LogP contribution in [0.3, 0.4) is 0 Å². The predicted molar refractivity (Wildman–Crippen MR) is 477 cm³/mol. The molecule has 0 aliphatic rings. The molecule has 2 unspecified atom stereocenters. The van der Waals surface area contributed by atoms with Crippen molar-refractivity contribution in [3.63, 3.8) is 0 Å². The largest absolute Gasteiger partial charge is 0.476 e. The fourth-order valence-electron chi connectivity index (χ4n) is 8.89. The van der Waals surface area contributed by atoms with Crippen LogP contribution in [0.1, 0.15) is 201 Å². The van der Waals surface area contributed by atoms with Gasteiger partial charge in [-0.05, 0) is 88.5 Å². The van der Waals surface area contributed by atoms with E-state index < -0.39 is 117 Å². The highest BCUT2D eigenvalue weighted by Crippen LogP contribution is 2.42. The first-order valence-corrected chi connectivity index (χ1v) is 38.0. The number of aromatic carboxylic acids is 1. The number of ketones is 2. The average molecular weight is 2000 g/mol. The van der Waals surface area contributed by atoms with Crippen LogP contribution < -0.4 is 33.8 Å². The first-order valence-electron chi connectivity index (χ1n) is 36.0. The third-order valence-corrected chi connectivity index (χ3v) is 16.6. The molecule has 0 aliphatic heterocycles. The van der Waals surface area contributed by atoms with Crippen LogP contribution in [0.25, 0.3) is 21.4 Å². The van der Waals surface area contributed by atoms with Crippen LogP contribution in [0.5, 0.6) is 0 Å². The van der Waals surface area contributed by atoms with Crippen LogP contribution in [0.2, 0.25) is 0 Å². The van der Waals surface area contributed by atoms with Crippen LogP contribution >= 0.6 is 34.3 Å². The number of Topliss-reactive ketones (excluding diaryl/α,β-unsaturated/α-hetero) is 2. The normalized spacial score (nSPS) is 10.5. The number of rotatable bonds is 21. The van der Waals surface area contributed by atoms with Gasteiger partial charge in [0.05, 0.1) is 135 Å². The van der Waals surface area contributed by atoms with Gasteiger partial charge in [0, 0.05) is 86.8 Å². The zero-order valence-corrected chi connectivity index (χ0v) is 70.1. The van der Waals surface area contributed by atoms with Gasteiger partial charge >= 0.3 is 65.7 Å². The van der Waals surface area contributed by atoms with Gasteiger partial charge in [-0.25, -0.2) is 43.9 Å². The summed E-state index contributed by atoms with van der Waals surface area (Å²) in [7, 11) is 0. The number of esters is 4. The van der Waals surface area contributed by atoms with Gasteiger partial charge in [0.1, 0.15) is 22.8 Å². The Morgan fingerprint density at radius 1 is 0.453 bits per heavy atom. The fraction of sp³-hybridized carbons (Fsp3) is 0.309. The molecule has 137 heavy (non-hydrogen) atoms. The third kappa shape index (κ3) is 43.6. The van der Waals surface area contributed by atoms with Crippen molar-refractivity contribution < 1.29 is 125 Å². The number of carbonyl (C=O) groups is 10. The second-order valence-corrected chi connectivity index (χ2v) is 25.7. The molecule has 0 spiro atoms. The molecule has 10 aromatic heterocycles. The Balaban J connectivity index is -0.000000767. The second-order valence-electron chi connectivity index (χ2n) is 23.4. The minimum absolute atomic E-state index is 0. The molecule has 0 aliphatic carbocycles. The first kappa shape index (κ1) is 128. The number of benzene rings is 2. The number of hydrogen-bond donors (Lipinski definition) is 7. The maximum Gasteiger partial charge on any atom is 0.416 e. The van der Waals surface area contributed by atoms with E-state index in [0.717, 1.165) is 44.2 Å². The maximum atomic E-state index is 13.5. The summed E-state index contributed by atoms with van der Waals surface area (Å²) in [5, 5.41) is 36.0. The van der Waals surface area contributed by atoms with Gasteiger partial charge < -0.3 is 46.2 Å². The summed E-state index contributed by atoms with van der Waals surface area (Å²) in [5.41, 5.74) is 6.33. The summed E-state index contributed by atoms with van der Waals surface area (Å²) in [6, 6.07) is 0.951. The number of nitrogen functional groups attached to an aromatic ring is 1. The van der Waals surface area contributed by atoms with E-state index in [9.17, 15) is 101 Å². The summed E-state index contributed by atoms with van der Waals surface area (Å²) in [6.45, 7) is 10.0. The number of aromatic nitrogens is 20. The molecule has 0 radical (unpaired) electrons. The number of carbonyl (C=O) groups excluding carboxylic acids is 9. The third-order valence-electron chi connectivity index (χ3n) is 14.6. The van der Waals surface area contributed by atoms with Crippen LogP contribution in [0, 0.1) is 0 Å². The van der Waals surface area contributed by atoms with Crippen molar-refractivity contribution in [1.82, 2.24) is 105 Å². The van der Waals surface area contributed by atoms with Crippen molar-refractivity contribution in [3.05, 3.63) is 239 Å². The number of hydrazine groups is 1. The number of hydrogen-bond acceptors (Lipinski definition) is 38. The molecule has 12 rings (SSSR count). The number of nitrogens with one attached hydrogen (secondary N) is 2. The Morgan fingerprint density at radius 3 is 1.18 bits per heavy atom. The molecule has 0 saturated heterocycles. The summed E-state index contributed by atoms with van der Waals surface area (Å²) < 4.78 is 177. The van der Waals surface area contributed by atoms with E-state index in [4.69, 9.17) is 32.9 Å². The topological polar surface area (TPSA) is 598 Å². The highest BCUT2D eigenvalue weighted by atomic mass is 35.5. The molecule has 41 nitrogen and oxygen atoms in total. The van der Waals surface area contributed by atoms with Crippen molar-refractivity contribution >= 4 is 104 Å². The molecule has 2 atom stereocenters. The van der Waals surface area contributed by atoms with Crippen LogP contribution in [0.15, 0.2) is 173 Å². The maximum absolute atomic E-state index is 13.5. The van der Waals surface area contributed by atoms with Crippen LogP contribution in [-0.2, 0) is 62.8 Å². The second kappa shape index (κ2) is 63.9. The molecular formula is C81H99ClF12N26O15S2. The number of alkyl halides is 12. The van der Waals surface area contributed by atoms with Gasteiger partial charge in [-0.15, -0.1) is 20.4 Å². The summed E-state index contributed by atoms with van der Waals surface area (Å²) in [4.78, 5) is 154. The zero-order valence-electron chi connectivity index (χ0n) is 67.7. The van der Waals surface area contributed by atoms with Crippen molar-refractivity contribution in [2.45, 2.75) is 130 Å². The van der Waals surface area contributed by atoms with E-state index in [-0.39, 0.29) is 140 Å². The number of amides is 2. The molecule has 2 amide bonds. The molecule has 0 bridgehead atoms. The van der Waals surface area contributed by atoms with Crippen molar-refractivity contribution in [1.29, 1.82) is 0 Å². The van der Waals surface area contributed by atoms with Crippen molar-refractivity contribution in [3.8, 4) is 21.4 Å². The number of nitrogens with two attached hydrogens (primary N) is 4. The van der Waals surface area contributed by atoms with Crippen LogP contribution in [0.4, 0.5) is 64.1 Å². The number of carboxylic acids is 1. The molecule has 12 aromatic rings. The van der Waals surface area contributed by atoms with E-state index in [0.29, 0.717) is 52.4 Å². The van der Waals surface area contributed by atoms with Gasteiger partial charge in [-0.2, -0.15) is 62.9 Å². The van der Waals surface area contributed by atoms with Gasteiger partial charge in [-0.3, -0.25) is 84.9 Å². The predicted octanol–water partition coefficient (Wildman–Crippen LogP) is 13.7. The van der Waals surface area contributed by atoms with E-state index in [1.54, 1.807) is 46.3 Å². The Kier molecular flexibility index (Phi) is 59.8. The number of anilines is 2. The molecule has 11 N–H and O–H groups in total. The minimum Gasteiger partial charge on any atom is -0.476 e. The SMILES string of the molecule is C.C.C.C.C.C.C.CC(c1ccc(C(F)(F)F)cc1C(F)(F)F)n1cc(N)cn1.CC(c1ccc(C(F)(F)F)cc1C(F)(F)F)n1cc(NC(=O)c2nnc(-c3cnccn3)s2)cn1.CCOC(=O)C(=O)Cl.CCOC(=O)C(=O)NCC(=O)c1cnccn1.CCOC(=O)c1cnccn1.CCOC(=O)c1nnc(-c2cnccn2)s1.NCC(=O)c1cnccn1.NN.O=C(O)c1cnccn1. The summed E-state index contributed by atoms with van der Waals surface area (Å²) >= 11 is 6.78. The summed E-state index contributed by atoms with van der Waals surface area (Å²) in [6.07, 6.45) is 11.1. The zero-order chi connectivity index (χ0) is 96.9. The Labute approximate surface area is 788 Å². The number of nitrogens with zero attached hydrogens (tertiary/aromatic N) is 20. The fourth-order valence-corrected chi connectivity index (χ4v) is 10.3. The number of carboxylic acid groups (broad SMARTS) is 1. The number of halogens is 13. The molecule has 2 aromatic carbocycles. The number of ether oxygens (including phenoxy) is 4. The molecule has 746 valence electrons. The standard InChI is InChI=1S/C20H13F6N7OS.C13H11F6N3.C10H11N3O4.C9H8N4O2S.C7H8N2O2.C6H7N3O.C5H4N2O2.C4H5ClO3.7CH4.H4N2/c1-10(13-3-2-11(19(21,22)23)6-14(13)20(24,25)26)33-9-12(7-29-33)30-16(34)18-32-31-17(35-18)15-8-27-4-5-28-15;1-7(22-6-9(20)5-21-22)10-3-2-8(12(14,15)16)4-11(10)13(17,18)19;1-2-17-10(16)9(15)13-6-8(14)7-5-11-3-4-12-7;1-2-15-9(14)8-13-12-7(16-8)6-5-10-3-4-11-6;1-2-11-7(10)6-5-8-3-4-9-6;7-3-6(10)5-4-8-1-2-9-5;8-5(9)4-3-6-1-2-7-4;1-2-8-4(7)3(5)6;;;;;;;;1-2/h2-10H,1H3,(H,30,34);2-7H,20H2,1H3;3-5H,2,6H2,1H3,(H,13,15);3-5H,2H2,1H3;3-5H,2H2,1H3;1-2,4H,3,7H2;1-3H,(H,8,9);2H2,1H3;7*1H4;1-2H2. The Bertz CT molecular complexity index is 5620. The monoisotopic (exact) mass is 2000 g/mol. The molecule has 0 fully saturated rings. The van der Waals surface area contributed by atoms with Gasteiger partial charge in [0.2, 0.25) is 15.8 Å². The Hall–Kier alpha value is -15.1. The minimum atomic E-state index is -5.02. The molecule has 56 heteroatoms. The van der Waals surface area contributed by atoms with E-state index >= 15 is 0 Å². The van der Waals surface area contributed by atoms with E-state index in [1.165, 1.54) is 132 Å². The first-order chi connectivity index (χ1) is 61.6. The smallest absolute Gasteiger partial charge is 0.416 e. The average Bonchev–Trinajstić information content (AvgIpc) is 1.41. The molecular weight excluding hydrogens is 1900 g/mol. The van der Waals surface area contributed by atoms with Gasteiger partial charge in [-0.1, -0.05) is 86.8 Å². The highest BCUT2D eigenvalue weighted by molar-refractivity contribution is 7.16. The Morgan fingerprint density at radius 2 is 0.825 bits per heavy atom. The summed E-state index contributed by atoms with van der Waals surface area (Å²) in [5.74, 6) is 1.83. The van der Waals surface area contributed by atoms with E-state index in [1.807, 2.05) is 0 Å². The molecule has 10 heterocycles. The lowest BCUT2D eigenvalue weighted by Crippen LogP contribution is -2.36. The van der Waals surface area contributed by atoms with Crippen molar-refractivity contribution in [2.24, 2.45) is 17.4 Å².